The van der Waals surface area contributed by atoms with Crippen LogP contribution in [0, 0.1) is 11.6 Å². The van der Waals surface area contributed by atoms with Gasteiger partial charge in [-0.05, 0) is 42.9 Å². The number of methoxy groups -OCH3 is 2. The van der Waals surface area contributed by atoms with Crippen LogP contribution in [0.15, 0.2) is 18.3 Å². The molecule has 1 aromatic carbocycles. The van der Waals surface area contributed by atoms with Crippen LogP contribution < -0.4 is 19.7 Å². The summed E-state index contributed by atoms with van der Waals surface area (Å²) in [7, 11) is 2.56. The van der Waals surface area contributed by atoms with Gasteiger partial charge in [-0.3, -0.25) is 4.79 Å². The number of benzene rings is 1. The van der Waals surface area contributed by atoms with Gasteiger partial charge in [0.1, 0.15) is 11.5 Å². The first kappa shape index (κ1) is 20.9. The zero-order valence-corrected chi connectivity index (χ0v) is 18.0. The molecule has 1 aliphatic carbocycles. The van der Waals surface area contributed by atoms with Crippen molar-refractivity contribution in [2.75, 3.05) is 37.6 Å². The molecule has 2 fully saturated rings. The number of ether oxygens (including phenoxy) is 3. The molecule has 32 heavy (non-hydrogen) atoms. The van der Waals surface area contributed by atoms with Crippen molar-refractivity contribution in [1.82, 2.24) is 4.98 Å². The highest BCUT2D eigenvalue weighted by Crippen LogP contribution is 2.55. The maximum atomic E-state index is 15.1. The molecule has 1 spiro atoms. The summed E-state index contributed by atoms with van der Waals surface area (Å²) in [5.41, 5.74) is 0.403. The molecule has 0 radical (unpaired) electrons. The van der Waals surface area contributed by atoms with Crippen LogP contribution in [0.1, 0.15) is 36.8 Å². The Kier molecular flexibility index (Phi) is 5.16. The third kappa shape index (κ3) is 3.26. The fourth-order valence-corrected chi connectivity index (χ4v) is 4.69. The predicted molar refractivity (Wildman–Crippen MR) is 113 cm³/mol. The van der Waals surface area contributed by atoms with Crippen LogP contribution >= 0.6 is 0 Å². The molecule has 1 saturated heterocycles. The number of amides is 1. The molecule has 1 unspecified atom stereocenters. The number of rotatable bonds is 6. The number of fused-ring (bicyclic) bond motifs is 2. The minimum atomic E-state index is -0.929. The Bertz CT molecular complexity index is 1040. The molecule has 3 aliphatic rings. The number of hydrogen-bond acceptors (Lipinski definition) is 6. The molecule has 1 amide bonds. The topological polar surface area (TPSA) is 72.9 Å². The summed E-state index contributed by atoms with van der Waals surface area (Å²) in [6.45, 7) is 1.44. The molecule has 1 atom stereocenters. The Morgan fingerprint density at radius 2 is 1.94 bits per heavy atom. The minimum absolute atomic E-state index is 0.0130. The summed E-state index contributed by atoms with van der Waals surface area (Å²) < 4.78 is 46.0. The normalized spacial score (nSPS) is 20.9. The minimum Gasteiger partial charge on any atom is -0.493 e. The monoisotopic (exact) mass is 445 g/mol. The second-order valence-corrected chi connectivity index (χ2v) is 8.47. The largest absolute Gasteiger partial charge is 0.493 e. The zero-order chi connectivity index (χ0) is 22.5. The van der Waals surface area contributed by atoms with Gasteiger partial charge in [-0.15, -0.1) is 0 Å². The number of nitrogens with one attached hydrogen (secondary N) is 1. The van der Waals surface area contributed by atoms with Crippen molar-refractivity contribution >= 4 is 17.4 Å². The van der Waals surface area contributed by atoms with E-state index in [2.05, 4.69) is 10.3 Å². The van der Waals surface area contributed by atoms with E-state index in [0.29, 0.717) is 25.2 Å². The first-order valence-electron chi connectivity index (χ1n) is 10.8. The van der Waals surface area contributed by atoms with E-state index in [0.717, 1.165) is 41.5 Å². The van der Waals surface area contributed by atoms with Crippen molar-refractivity contribution in [1.29, 1.82) is 0 Å². The van der Waals surface area contributed by atoms with Crippen LogP contribution in [0.4, 0.5) is 20.3 Å². The fourth-order valence-electron chi connectivity index (χ4n) is 4.69. The third-order valence-corrected chi connectivity index (χ3v) is 6.59. The number of anilines is 2. The highest BCUT2D eigenvalue weighted by Gasteiger charge is 2.57. The fraction of sp³-hybridized carbons (Fsp3) is 0.478. The van der Waals surface area contributed by atoms with Crippen molar-refractivity contribution in [3.05, 3.63) is 41.1 Å². The predicted octanol–water partition coefficient (Wildman–Crippen LogP) is 3.55. The molecule has 0 bridgehead atoms. The number of hydrogen-bond donors (Lipinski definition) is 1. The van der Waals surface area contributed by atoms with Crippen LogP contribution in [-0.4, -0.2) is 44.4 Å². The number of carbonyl (C=O) groups excluding carboxylic acids is 1. The Balaban J connectivity index is 1.49. The van der Waals surface area contributed by atoms with Gasteiger partial charge in [-0.2, -0.15) is 0 Å². The van der Waals surface area contributed by atoms with E-state index in [1.54, 1.807) is 6.20 Å². The first-order chi connectivity index (χ1) is 15.5. The highest BCUT2D eigenvalue weighted by molar-refractivity contribution is 6.05. The van der Waals surface area contributed by atoms with E-state index in [9.17, 15) is 4.79 Å². The molecule has 170 valence electrons. The molecule has 5 rings (SSSR count). The molecule has 7 nitrogen and oxygen atoms in total. The number of carbonyl (C=O) groups is 1. The van der Waals surface area contributed by atoms with Crippen molar-refractivity contribution < 1.29 is 27.8 Å². The van der Waals surface area contributed by atoms with Gasteiger partial charge >= 0.3 is 0 Å². The summed E-state index contributed by atoms with van der Waals surface area (Å²) in [6.07, 6.45) is 5.15. The third-order valence-electron chi connectivity index (χ3n) is 6.59. The molecule has 9 heteroatoms. The standard InChI is InChI=1S/C23H25F2N3O4/c1-30-16-9-17(31-2)20(25)21(19(16)24)28-12-13-10-26-18(27-11-14-4-3-7-32-14)8-15(13)23(5-6-23)22(28)29/h8-10,14H,3-7,11-12H2,1-2H3,(H,26,27). The summed E-state index contributed by atoms with van der Waals surface area (Å²) >= 11 is 0. The Labute approximate surface area is 184 Å². The van der Waals surface area contributed by atoms with E-state index in [-0.39, 0.29) is 30.1 Å². The maximum Gasteiger partial charge on any atom is 0.238 e. The molecule has 3 heterocycles. The van der Waals surface area contributed by atoms with Crippen molar-refractivity contribution in [3.8, 4) is 11.5 Å². The molecule has 1 N–H and O–H groups in total. The summed E-state index contributed by atoms with van der Waals surface area (Å²) in [6, 6.07) is 3.03. The van der Waals surface area contributed by atoms with Crippen molar-refractivity contribution in [2.45, 2.75) is 43.7 Å². The van der Waals surface area contributed by atoms with Gasteiger partial charge in [0.05, 0.1) is 32.3 Å². The summed E-state index contributed by atoms with van der Waals surface area (Å²) in [5.74, 6) is -1.88. The average Bonchev–Trinajstić information content (AvgIpc) is 3.42. The van der Waals surface area contributed by atoms with Gasteiger partial charge in [0.25, 0.3) is 0 Å². The lowest BCUT2D eigenvalue weighted by molar-refractivity contribution is -0.121. The van der Waals surface area contributed by atoms with Gasteiger partial charge in [0.2, 0.25) is 5.91 Å². The molecule has 1 aromatic heterocycles. The maximum absolute atomic E-state index is 15.1. The molecule has 2 aromatic rings. The summed E-state index contributed by atoms with van der Waals surface area (Å²) in [4.78, 5) is 19.1. The Hall–Kier alpha value is -2.94. The lowest BCUT2D eigenvalue weighted by atomic mass is 9.86. The van der Waals surface area contributed by atoms with Gasteiger partial charge in [-0.1, -0.05) is 0 Å². The van der Waals surface area contributed by atoms with Crippen LogP contribution in [-0.2, 0) is 21.5 Å². The number of pyridine rings is 1. The average molecular weight is 445 g/mol. The number of halogens is 2. The quantitative estimate of drug-likeness (QED) is 0.733. The van der Waals surface area contributed by atoms with Crippen LogP contribution in [0.2, 0.25) is 0 Å². The lowest BCUT2D eigenvalue weighted by Crippen LogP contribution is -2.45. The van der Waals surface area contributed by atoms with Gasteiger partial charge < -0.3 is 24.4 Å². The lowest BCUT2D eigenvalue weighted by Gasteiger charge is -2.35. The molecule has 2 aliphatic heterocycles. The van der Waals surface area contributed by atoms with E-state index in [1.807, 2.05) is 6.07 Å². The van der Waals surface area contributed by atoms with Gasteiger partial charge in [0, 0.05) is 25.4 Å². The highest BCUT2D eigenvalue weighted by atomic mass is 19.1. The molecule has 1 saturated carbocycles. The zero-order valence-electron chi connectivity index (χ0n) is 18.0. The first-order valence-corrected chi connectivity index (χ1v) is 10.8. The van der Waals surface area contributed by atoms with Crippen LogP contribution in [0.25, 0.3) is 0 Å². The van der Waals surface area contributed by atoms with Gasteiger partial charge in [-0.25, -0.2) is 13.8 Å². The molecular formula is C23H25F2N3O4. The Morgan fingerprint density at radius 1 is 1.22 bits per heavy atom. The van der Waals surface area contributed by atoms with E-state index in [4.69, 9.17) is 14.2 Å². The SMILES string of the molecule is COc1cc(OC)c(F)c(N2Cc3cnc(NCC4CCCO4)cc3C3(CC3)C2=O)c1F. The van der Waals surface area contributed by atoms with Crippen LogP contribution in [0.3, 0.4) is 0 Å². The smallest absolute Gasteiger partial charge is 0.238 e. The van der Waals surface area contributed by atoms with Crippen molar-refractivity contribution in [2.24, 2.45) is 0 Å². The van der Waals surface area contributed by atoms with Crippen molar-refractivity contribution in [3.63, 3.8) is 0 Å². The van der Waals surface area contributed by atoms with E-state index < -0.39 is 22.7 Å². The van der Waals surface area contributed by atoms with Crippen LogP contribution in [0.5, 0.6) is 11.5 Å². The second kappa shape index (κ2) is 7.88. The second-order valence-electron chi connectivity index (χ2n) is 8.47. The number of aromatic nitrogens is 1. The Morgan fingerprint density at radius 3 is 2.53 bits per heavy atom. The molecular weight excluding hydrogens is 420 g/mol. The van der Waals surface area contributed by atoms with E-state index >= 15 is 8.78 Å². The van der Waals surface area contributed by atoms with E-state index in [1.165, 1.54) is 14.2 Å². The number of nitrogens with zero attached hydrogens (tertiary/aromatic N) is 2. The van der Waals surface area contributed by atoms with Gasteiger partial charge in [0.15, 0.2) is 23.1 Å². The summed E-state index contributed by atoms with van der Waals surface area (Å²) in [5, 5.41) is 3.29.